The van der Waals surface area contributed by atoms with E-state index in [1.54, 1.807) is 0 Å². The second kappa shape index (κ2) is 6.40. The lowest BCUT2D eigenvalue weighted by atomic mass is 10.1. The molecule has 1 aromatic carbocycles. The molecule has 1 rings (SSSR count). The van der Waals surface area contributed by atoms with E-state index in [4.69, 9.17) is 5.73 Å². The Bertz CT molecular complexity index is 366. The summed E-state index contributed by atoms with van der Waals surface area (Å²) in [5, 5.41) is 2.97. The SMILES string of the molecule is Cc1cccc(C)c1NC(=O)CCC[C@H](C)N. The minimum Gasteiger partial charge on any atom is -0.328 e. The minimum atomic E-state index is 0.0723. The summed E-state index contributed by atoms with van der Waals surface area (Å²) in [6.45, 7) is 5.97. The van der Waals surface area contributed by atoms with E-state index in [0.717, 1.165) is 29.7 Å². The third-order valence-electron chi connectivity index (χ3n) is 2.81. The van der Waals surface area contributed by atoms with Gasteiger partial charge in [0.1, 0.15) is 0 Å². The predicted octanol–water partition coefficient (Wildman–Crippen LogP) is 2.76. The number of rotatable bonds is 5. The van der Waals surface area contributed by atoms with Gasteiger partial charge in [-0.1, -0.05) is 18.2 Å². The molecule has 0 saturated carbocycles. The van der Waals surface area contributed by atoms with Crippen LogP contribution in [0.1, 0.15) is 37.3 Å². The normalized spacial score (nSPS) is 12.2. The smallest absolute Gasteiger partial charge is 0.224 e. The van der Waals surface area contributed by atoms with Crippen molar-refractivity contribution < 1.29 is 4.79 Å². The minimum absolute atomic E-state index is 0.0723. The first kappa shape index (κ1) is 13.7. The average Bonchev–Trinajstić information content (AvgIpc) is 2.23. The summed E-state index contributed by atoms with van der Waals surface area (Å²) in [6, 6.07) is 6.17. The van der Waals surface area contributed by atoms with Crippen molar-refractivity contribution >= 4 is 11.6 Å². The van der Waals surface area contributed by atoms with E-state index in [2.05, 4.69) is 5.32 Å². The molecule has 94 valence electrons. The van der Waals surface area contributed by atoms with Gasteiger partial charge in [0, 0.05) is 18.2 Å². The van der Waals surface area contributed by atoms with Crippen LogP contribution < -0.4 is 11.1 Å². The molecular weight excluding hydrogens is 212 g/mol. The van der Waals surface area contributed by atoms with Gasteiger partial charge in [0.05, 0.1) is 0 Å². The molecule has 17 heavy (non-hydrogen) atoms. The maximum absolute atomic E-state index is 11.7. The molecule has 0 saturated heterocycles. The Morgan fingerprint density at radius 2 is 1.94 bits per heavy atom. The van der Waals surface area contributed by atoms with Gasteiger partial charge < -0.3 is 11.1 Å². The fraction of sp³-hybridized carbons (Fsp3) is 0.500. The van der Waals surface area contributed by atoms with Crippen LogP contribution >= 0.6 is 0 Å². The number of aryl methyl sites for hydroxylation is 2. The zero-order chi connectivity index (χ0) is 12.8. The molecular formula is C14H22N2O. The van der Waals surface area contributed by atoms with Gasteiger partial charge in [-0.05, 0) is 44.7 Å². The molecule has 3 N–H and O–H groups in total. The van der Waals surface area contributed by atoms with E-state index in [1.807, 2.05) is 39.0 Å². The second-order valence-electron chi connectivity index (χ2n) is 4.68. The highest BCUT2D eigenvalue weighted by molar-refractivity contribution is 5.92. The van der Waals surface area contributed by atoms with Crippen LogP contribution in [0.25, 0.3) is 0 Å². The Hall–Kier alpha value is -1.35. The molecule has 0 aromatic heterocycles. The zero-order valence-electron chi connectivity index (χ0n) is 10.9. The summed E-state index contributed by atoms with van der Waals surface area (Å²) in [5.41, 5.74) is 8.80. The highest BCUT2D eigenvalue weighted by atomic mass is 16.1. The van der Waals surface area contributed by atoms with Gasteiger partial charge in [-0.3, -0.25) is 4.79 Å². The van der Waals surface area contributed by atoms with Crippen LogP contribution in [0.3, 0.4) is 0 Å². The standard InChI is InChI=1S/C14H22N2O/c1-10-6-4-7-11(2)14(10)16-13(17)9-5-8-12(3)15/h4,6-7,12H,5,8-9,15H2,1-3H3,(H,16,17)/t12-/m0/s1. The summed E-state index contributed by atoms with van der Waals surface area (Å²) in [7, 11) is 0. The Labute approximate surface area is 103 Å². The molecule has 0 unspecified atom stereocenters. The number of nitrogens with two attached hydrogens (primary N) is 1. The molecule has 0 spiro atoms. The van der Waals surface area contributed by atoms with Crippen molar-refractivity contribution in [2.45, 2.75) is 46.1 Å². The van der Waals surface area contributed by atoms with E-state index >= 15 is 0 Å². The molecule has 3 nitrogen and oxygen atoms in total. The molecule has 0 heterocycles. The molecule has 1 atom stereocenters. The molecule has 0 radical (unpaired) electrons. The Kier molecular flexibility index (Phi) is 5.16. The summed E-state index contributed by atoms with van der Waals surface area (Å²) in [6.07, 6.45) is 2.27. The fourth-order valence-corrected chi connectivity index (χ4v) is 1.80. The number of carbonyl (C=O) groups excluding carboxylic acids is 1. The Balaban J connectivity index is 2.51. The third kappa shape index (κ3) is 4.57. The van der Waals surface area contributed by atoms with Gasteiger partial charge in [0.15, 0.2) is 0 Å². The summed E-state index contributed by atoms with van der Waals surface area (Å²) < 4.78 is 0. The number of benzene rings is 1. The number of nitrogens with one attached hydrogen (secondary N) is 1. The van der Waals surface area contributed by atoms with Crippen LogP contribution in [0.4, 0.5) is 5.69 Å². The zero-order valence-corrected chi connectivity index (χ0v) is 10.9. The van der Waals surface area contributed by atoms with E-state index in [9.17, 15) is 4.79 Å². The van der Waals surface area contributed by atoms with Gasteiger partial charge in [-0.2, -0.15) is 0 Å². The van der Waals surface area contributed by atoms with Gasteiger partial charge in [0.25, 0.3) is 0 Å². The first-order valence-electron chi connectivity index (χ1n) is 6.12. The lowest BCUT2D eigenvalue weighted by molar-refractivity contribution is -0.116. The first-order valence-corrected chi connectivity index (χ1v) is 6.12. The van der Waals surface area contributed by atoms with E-state index in [1.165, 1.54) is 0 Å². The van der Waals surface area contributed by atoms with Gasteiger partial charge in [-0.25, -0.2) is 0 Å². The van der Waals surface area contributed by atoms with Crippen LogP contribution in [0.15, 0.2) is 18.2 Å². The molecule has 0 aliphatic carbocycles. The van der Waals surface area contributed by atoms with Gasteiger partial charge in [0.2, 0.25) is 5.91 Å². The van der Waals surface area contributed by atoms with Crippen molar-refractivity contribution in [2.24, 2.45) is 5.73 Å². The Morgan fingerprint density at radius 3 is 2.47 bits per heavy atom. The molecule has 0 aliphatic rings. The van der Waals surface area contributed by atoms with Crippen molar-refractivity contribution in [1.82, 2.24) is 0 Å². The maximum Gasteiger partial charge on any atom is 0.224 e. The fourth-order valence-electron chi connectivity index (χ4n) is 1.80. The van der Waals surface area contributed by atoms with E-state index < -0.39 is 0 Å². The lowest BCUT2D eigenvalue weighted by Gasteiger charge is -2.11. The molecule has 1 aromatic rings. The van der Waals surface area contributed by atoms with Crippen molar-refractivity contribution in [3.63, 3.8) is 0 Å². The van der Waals surface area contributed by atoms with Crippen molar-refractivity contribution in [1.29, 1.82) is 0 Å². The van der Waals surface area contributed by atoms with Crippen molar-refractivity contribution in [3.8, 4) is 0 Å². The number of hydrogen-bond acceptors (Lipinski definition) is 2. The number of carbonyl (C=O) groups is 1. The van der Waals surface area contributed by atoms with Crippen LogP contribution in [0, 0.1) is 13.8 Å². The summed E-state index contributed by atoms with van der Waals surface area (Å²) in [5.74, 6) is 0.0723. The van der Waals surface area contributed by atoms with Crippen LogP contribution in [-0.4, -0.2) is 11.9 Å². The molecule has 1 amide bonds. The van der Waals surface area contributed by atoms with Crippen molar-refractivity contribution in [3.05, 3.63) is 29.3 Å². The largest absolute Gasteiger partial charge is 0.328 e. The van der Waals surface area contributed by atoms with E-state index in [0.29, 0.717) is 6.42 Å². The maximum atomic E-state index is 11.7. The van der Waals surface area contributed by atoms with Crippen LogP contribution in [-0.2, 0) is 4.79 Å². The number of para-hydroxylation sites is 1. The second-order valence-corrected chi connectivity index (χ2v) is 4.68. The number of amides is 1. The highest BCUT2D eigenvalue weighted by Gasteiger charge is 2.07. The van der Waals surface area contributed by atoms with E-state index in [-0.39, 0.29) is 11.9 Å². The molecule has 0 aliphatic heterocycles. The lowest BCUT2D eigenvalue weighted by Crippen LogP contribution is -2.17. The quantitative estimate of drug-likeness (QED) is 0.823. The molecule has 3 heteroatoms. The highest BCUT2D eigenvalue weighted by Crippen LogP contribution is 2.19. The van der Waals surface area contributed by atoms with Crippen molar-refractivity contribution in [2.75, 3.05) is 5.32 Å². The topological polar surface area (TPSA) is 55.1 Å². The Morgan fingerprint density at radius 1 is 1.35 bits per heavy atom. The predicted molar refractivity (Wildman–Crippen MR) is 72.0 cm³/mol. The van der Waals surface area contributed by atoms with Crippen LogP contribution in [0.2, 0.25) is 0 Å². The molecule has 0 bridgehead atoms. The first-order chi connectivity index (χ1) is 8.00. The van der Waals surface area contributed by atoms with Gasteiger partial charge >= 0.3 is 0 Å². The average molecular weight is 234 g/mol. The number of anilines is 1. The van der Waals surface area contributed by atoms with Crippen LogP contribution in [0.5, 0.6) is 0 Å². The molecule has 0 fully saturated rings. The monoisotopic (exact) mass is 234 g/mol. The summed E-state index contributed by atoms with van der Waals surface area (Å²) >= 11 is 0. The van der Waals surface area contributed by atoms with Gasteiger partial charge in [-0.15, -0.1) is 0 Å². The number of hydrogen-bond donors (Lipinski definition) is 2. The summed E-state index contributed by atoms with van der Waals surface area (Å²) in [4.78, 5) is 11.7. The third-order valence-corrected chi connectivity index (χ3v) is 2.81.